The molecule has 2 saturated carbocycles. The monoisotopic (exact) mass is 245 g/mol. The van der Waals surface area contributed by atoms with E-state index in [1.54, 1.807) is 7.11 Å². The van der Waals surface area contributed by atoms with Crippen molar-refractivity contribution in [3.63, 3.8) is 0 Å². The van der Waals surface area contributed by atoms with Gasteiger partial charge in [0.15, 0.2) is 0 Å². The number of nitrogens with one attached hydrogen (secondary N) is 1. The third-order valence-electron chi connectivity index (χ3n) is 4.75. The van der Waals surface area contributed by atoms with Crippen molar-refractivity contribution >= 4 is 0 Å². The van der Waals surface area contributed by atoms with E-state index < -0.39 is 0 Å². The average molecular weight is 245 g/mol. The van der Waals surface area contributed by atoms with Gasteiger partial charge in [0.25, 0.3) is 0 Å². The summed E-state index contributed by atoms with van der Waals surface area (Å²) < 4.78 is 5.25. The largest absolute Gasteiger partial charge is 0.497 e. The van der Waals surface area contributed by atoms with E-state index in [1.165, 1.54) is 37.8 Å². The van der Waals surface area contributed by atoms with Gasteiger partial charge in [-0.05, 0) is 61.3 Å². The molecule has 3 unspecified atom stereocenters. The number of benzene rings is 1. The highest BCUT2D eigenvalue weighted by Crippen LogP contribution is 2.47. The maximum Gasteiger partial charge on any atom is 0.119 e. The molecule has 2 nitrogen and oxygen atoms in total. The highest BCUT2D eigenvalue weighted by Gasteiger charge is 2.38. The minimum absolute atomic E-state index is 0.939. The van der Waals surface area contributed by atoms with Gasteiger partial charge in [-0.25, -0.2) is 0 Å². The second-order valence-electron chi connectivity index (χ2n) is 5.92. The Morgan fingerprint density at radius 2 is 2.22 bits per heavy atom. The molecule has 0 amide bonds. The molecule has 1 aromatic carbocycles. The van der Waals surface area contributed by atoms with Crippen LogP contribution in [0, 0.1) is 17.8 Å². The summed E-state index contributed by atoms with van der Waals surface area (Å²) in [4.78, 5) is 0. The van der Waals surface area contributed by atoms with E-state index in [-0.39, 0.29) is 0 Å². The van der Waals surface area contributed by atoms with Gasteiger partial charge in [0, 0.05) is 6.54 Å². The molecule has 0 radical (unpaired) electrons. The zero-order valence-corrected chi connectivity index (χ0v) is 11.2. The summed E-state index contributed by atoms with van der Waals surface area (Å²) in [6.45, 7) is 2.16. The topological polar surface area (TPSA) is 21.3 Å². The predicted molar refractivity (Wildman–Crippen MR) is 73.6 cm³/mol. The lowest BCUT2D eigenvalue weighted by molar-refractivity contribution is 0.318. The van der Waals surface area contributed by atoms with Crippen LogP contribution in [0.5, 0.6) is 5.75 Å². The van der Waals surface area contributed by atoms with Crippen molar-refractivity contribution in [2.45, 2.75) is 32.2 Å². The Morgan fingerprint density at radius 1 is 1.28 bits per heavy atom. The SMILES string of the molecule is COc1cccc(CNCC2CC3CCC2C3)c1. The van der Waals surface area contributed by atoms with Crippen LogP contribution in [-0.4, -0.2) is 13.7 Å². The summed E-state index contributed by atoms with van der Waals surface area (Å²) in [5.41, 5.74) is 1.32. The molecule has 0 spiro atoms. The van der Waals surface area contributed by atoms with E-state index in [2.05, 4.69) is 23.5 Å². The third-order valence-corrected chi connectivity index (χ3v) is 4.75. The molecule has 1 aromatic rings. The second-order valence-corrected chi connectivity index (χ2v) is 5.92. The Kier molecular flexibility index (Phi) is 3.55. The molecule has 1 N–H and O–H groups in total. The third kappa shape index (κ3) is 2.54. The van der Waals surface area contributed by atoms with Crippen LogP contribution in [0.3, 0.4) is 0 Å². The first-order valence-electron chi connectivity index (χ1n) is 7.19. The lowest BCUT2D eigenvalue weighted by atomic mass is 9.89. The van der Waals surface area contributed by atoms with Crippen LogP contribution in [0.15, 0.2) is 24.3 Å². The Balaban J connectivity index is 1.46. The van der Waals surface area contributed by atoms with Crippen LogP contribution in [0.2, 0.25) is 0 Å². The summed E-state index contributed by atoms with van der Waals surface area (Å²) in [5.74, 6) is 3.97. The first-order chi connectivity index (χ1) is 8.85. The molecule has 18 heavy (non-hydrogen) atoms. The molecule has 2 bridgehead atoms. The smallest absolute Gasteiger partial charge is 0.119 e. The first kappa shape index (κ1) is 12.0. The highest BCUT2D eigenvalue weighted by atomic mass is 16.5. The average Bonchev–Trinajstić information content (AvgIpc) is 3.01. The maximum absolute atomic E-state index is 5.25. The summed E-state index contributed by atoms with van der Waals surface area (Å²) in [6, 6.07) is 8.34. The van der Waals surface area contributed by atoms with Gasteiger partial charge in [0.1, 0.15) is 5.75 Å². The fraction of sp³-hybridized carbons (Fsp3) is 0.625. The van der Waals surface area contributed by atoms with Crippen molar-refractivity contribution in [1.29, 1.82) is 0 Å². The molecule has 2 fully saturated rings. The van der Waals surface area contributed by atoms with Gasteiger partial charge in [-0.3, -0.25) is 0 Å². The molecule has 0 aliphatic heterocycles. The van der Waals surface area contributed by atoms with Crippen LogP contribution < -0.4 is 10.1 Å². The number of hydrogen-bond donors (Lipinski definition) is 1. The van der Waals surface area contributed by atoms with Crippen LogP contribution >= 0.6 is 0 Å². The van der Waals surface area contributed by atoms with Gasteiger partial charge >= 0.3 is 0 Å². The van der Waals surface area contributed by atoms with Crippen LogP contribution in [0.25, 0.3) is 0 Å². The van der Waals surface area contributed by atoms with Crippen molar-refractivity contribution in [2.24, 2.45) is 17.8 Å². The van der Waals surface area contributed by atoms with Gasteiger partial charge in [0.2, 0.25) is 0 Å². The van der Waals surface area contributed by atoms with E-state index in [0.717, 1.165) is 30.0 Å². The lowest BCUT2D eigenvalue weighted by Crippen LogP contribution is -2.26. The van der Waals surface area contributed by atoms with E-state index in [0.29, 0.717) is 0 Å². The molecule has 2 heteroatoms. The number of methoxy groups -OCH3 is 1. The van der Waals surface area contributed by atoms with Crippen LogP contribution in [-0.2, 0) is 6.54 Å². The molecule has 0 aromatic heterocycles. The van der Waals surface area contributed by atoms with Crippen LogP contribution in [0.1, 0.15) is 31.2 Å². The van der Waals surface area contributed by atoms with Crippen molar-refractivity contribution in [2.75, 3.05) is 13.7 Å². The van der Waals surface area contributed by atoms with Gasteiger partial charge in [-0.2, -0.15) is 0 Å². The first-order valence-corrected chi connectivity index (χ1v) is 7.19. The number of fused-ring (bicyclic) bond motifs is 2. The maximum atomic E-state index is 5.25. The van der Waals surface area contributed by atoms with Crippen molar-refractivity contribution in [3.05, 3.63) is 29.8 Å². The predicted octanol–water partition coefficient (Wildman–Crippen LogP) is 3.22. The number of hydrogen-bond acceptors (Lipinski definition) is 2. The number of ether oxygens (including phenoxy) is 1. The Bertz CT molecular complexity index is 404. The van der Waals surface area contributed by atoms with E-state index in [4.69, 9.17) is 4.74 Å². The minimum Gasteiger partial charge on any atom is -0.497 e. The molecular weight excluding hydrogens is 222 g/mol. The van der Waals surface area contributed by atoms with Crippen molar-refractivity contribution < 1.29 is 4.74 Å². The van der Waals surface area contributed by atoms with Gasteiger partial charge in [0.05, 0.1) is 7.11 Å². The molecule has 0 heterocycles. The molecule has 2 aliphatic rings. The number of rotatable bonds is 5. The summed E-state index contributed by atoms with van der Waals surface area (Å²) >= 11 is 0. The minimum atomic E-state index is 0.939. The fourth-order valence-electron chi connectivity index (χ4n) is 3.81. The fourth-order valence-corrected chi connectivity index (χ4v) is 3.81. The van der Waals surface area contributed by atoms with Gasteiger partial charge < -0.3 is 10.1 Å². The lowest BCUT2D eigenvalue weighted by Gasteiger charge is -2.21. The quantitative estimate of drug-likeness (QED) is 0.860. The zero-order valence-electron chi connectivity index (χ0n) is 11.2. The summed E-state index contributed by atoms with van der Waals surface area (Å²) in [7, 11) is 1.72. The van der Waals surface area contributed by atoms with E-state index >= 15 is 0 Å². The Morgan fingerprint density at radius 3 is 2.94 bits per heavy atom. The van der Waals surface area contributed by atoms with Crippen molar-refractivity contribution in [1.82, 2.24) is 5.32 Å². The Hall–Kier alpha value is -1.02. The standard InChI is InChI=1S/C16H23NO/c1-18-16-4-2-3-13(9-16)10-17-11-15-8-12-5-6-14(15)7-12/h2-4,9,12,14-15,17H,5-8,10-11H2,1H3. The normalized spacial score (nSPS) is 29.7. The molecule has 2 aliphatic carbocycles. The second kappa shape index (κ2) is 5.31. The van der Waals surface area contributed by atoms with E-state index in [9.17, 15) is 0 Å². The Labute approximate surface area is 110 Å². The summed E-state index contributed by atoms with van der Waals surface area (Å²) in [6.07, 6.45) is 5.95. The molecule has 3 atom stereocenters. The molecule has 3 rings (SSSR count). The molecular formula is C16H23NO. The molecule has 0 saturated heterocycles. The van der Waals surface area contributed by atoms with E-state index in [1.807, 2.05) is 6.07 Å². The van der Waals surface area contributed by atoms with Crippen LogP contribution in [0.4, 0.5) is 0 Å². The molecule has 98 valence electrons. The summed E-state index contributed by atoms with van der Waals surface area (Å²) in [5, 5.41) is 3.62. The van der Waals surface area contributed by atoms with Gasteiger partial charge in [-0.15, -0.1) is 0 Å². The van der Waals surface area contributed by atoms with Crippen molar-refractivity contribution in [3.8, 4) is 5.75 Å². The van der Waals surface area contributed by atoms with Gasteiger partial charge in [-0.1, -0.05) is 18.6 Å². The zero-order chi connectivity index (χ0) is 12.4. The highest BCUT2D eigenvalue weighted by molar-refractivity contribution is 5.28.